The molecule has 2 nitrogen and oxygen atoms in total. The Labute approximate surface area is 49.8 Å². The first-order chi connectivity index (χ1) is 3.64. The minimum atomic E-state index is -2.58. The number of hydrogen-bond donors (Lipinski definition) is 0. The van der Waals surface area contributed by atoms with E-state index in [1.165, 1.54) is 0 Å². The standard InChI is InChI=1S/C5H9O2S/c1-2-5-3-8(6,7)4-5/h5H,1-4H2. The minimum Gasteiger partial charge on any atom is -0.229 e. The van der Waals surface area contributed by atoms with Gasteiger partial charge in [0.15, 0.2) is 9.84 Å². The number of rotatable bonds is 1. The average Bonchev–Trinajstić information content (AvgIpc) is 1.60. The van der Waals surface area contributed by atoms with Gasteiger partial charge < -0.3 is 0 Å². The highest BCUT2D eigenvalue weighted by Crippen LogP contribution is 2.20. The highest BCUT2D eigenvalue weighted by molar-refractivity contribution is 7.92. The Morgan fingerprint density at radius 3 is 2.12 bits per heavy atom. The van der Waals surface area contributed by atoms with Crippen LogP contribution in [0.15, 0.2) is 0 Å². The van der Waals surface area contributed by atoms with Crippen molar-refractivity contribution < 1.29 is 8.42 Å². The molecule has 3 heteroatoms. The van der Waals surface area contributed by atoms with Crippen LogP contribution in [0.4, 0.5) is 0 Å². The lowest BCUT2D eigenvalue weighted by Gasteiger charge is -2.23. The second kappa shape index (κ2) is 1.72. The van der Waals surface area contributed by atoms with Gasteiger partial charge in [0.2, 0.25) is 0 Å². The molecule has 0 spiro atoms. The molecule has 0 saturated carbocycles. The van der Waals surface area contributed by atoms with Crippen LogP contribution >= 0.6 is 0 Å². The average molecular weight is 133 g/mol. The third-order valence-corrected chi connectivity index (χ3v) is 3.35. The molecule has 0 unspecified atom stereocenters. The molecule has 1 heterocycles. The molecule has 0 aromatic carbocycles. The molecule has 0 aromatic rings. The lowest BCUT2D eigenvalue weighted by Crippen LogP contribution is -2.35. The molecular weight excluding hydrogens is 124 g/mol. The van der Waals surface area contributed by atoms with Gasteiger partial charge in [0.25, 0.3) is 0 Å². The first kappa shape index (κ1) is 6.08. The van der Waals surface area contributed by atoms with E-state index in [2.05, 4.69) is 6.92 Å². The molecule has 1 saturated heterocycles. The fourth-order valence-electron chi connectivity index (χ4n) is 0.836. The Bertz CT molecular complexity index is 157. The van der Waals surface area contributed by atoms with Crippen molar-refractivity contribution in [2.75, 3.05) is 11.5 Å². The van der Waals surface area contributed by atoms with E-state index in [4.69, 9.17) is 0 Å². The van der Waals surface area contributed by atoms with Gasteiger partial charge in [-0.3, -0.25) is 0 Å². The Morgan fingerprint density at radius 1 is 1.50 bits per heavy atom. The maximum Gasteiger partial charge on any atom is 0.150 e. The highest BCUT2D eigenvalue weighted by Gasteiger charge is 2.31. The first-order valence-corrected chi connectivity index (χ1v) is 4.46. The van der Waals surface area contributed by atoms with Gasteiger partial charge in [0.1, 0.15) is 0 Å². The lowest BCUT2D eigenvalue weighted by atomic mass is 10.1. The molecule has 1 fully saturated rings. The fraction of sp³-hybridized carbons (Fsp3) is 0.800. The van der Waals surface area contributed by atoms with Crippen molar-refractivity contribution in [1.82, 2.24) is 0 Å². The van der Waals surface area contributed by atoms with Crippen molar-refractivity contribution in [3.8, 4) is 0 Å². The Kier molecular flexibility index (Phi) is 1.31. The summed E-state index contributed by atoms with van der Waals surface area (Å²) in [6, 6.07) is 0. The smallest absolute Gasteiger partial charge is 0.150 e. The van der Waals surface area contributed by atoms with Crippen molar-refractivity contribution in [2.24, 2.45) is 5.92 Å². The Morgan fingerprint density at radius 2 is 2.00 bits per heavy atom. The largest absolute Gasteiger partial charge is 0.229 e. The van der Waals surface area contributed by atoms with E-state index in [1.807, 2.05) is 0 Å². The van der Waals surface area contributed by atoms with Gasteiger partial charge in [-0.05, 0) is 12.3 Å². The van der Waals surface area contributed by atoms with E-state index in [-0.39, 0.29) is 0 Å². The molecule has 0 aromatic heterocycles. The van der Waals surface area contributed by atoms with Crippen molar-refractivity contribution in [1.29, 1.82) is 0 Å². The summed E-state index contributed by atoms with van der Waals surface area (Å²) in [5.74, 6) is 1.10. The van der Waals surface area contributed by atoms with Crippen LogP contribution in [0.1, 0.15) is 6.42 Å². The fourth-order valence-corrected chi connectivity index (χ4v) is 2.51. The van der Waals surface area contributed by atoms with Gasteiger partial charge in [-0.2, -0.15) is 0 Å². The van der Waals surface area contributed by atoms with Gasteiger partial charge in [-0.15, -0.1) is 0 Å². The molecule has 1 aliphatic heterocycles. The van der Waals surface area contributed by atoms with Crippen LogP contribution < -0.4 is 0 Å². The summed E-state index contributed by atoms with van der Waals surface area (Å²) in [4.78, 5) is 0. The molecule has 8 heavy (non-hydrogen) atoms. The summed E-state index contributed by atoms with van der Waals surface area (Å²) in [7, 11) is -2.58. The van der Waals surface area contributed by atoms with Crippen molar-refractivity contribution in [2.45, 2.75) is 6.42 Å². The zero-order valence-corrected chi connectivity index (χ0v) is 5.45. The third kappa shape index (κ3) is 1.02. The van der Waals surface area contributed by atoms with Crippen LogP contribution in [-0.2, 0) is 9.84 Å². The molecule has 0 bridgehead atoms. The first-order valence-electron chi connectivity index (χ1n) is 2.64. The van der Waals surface area contributed by atoms with Crippen molar-refractivity contribution in [3.63, 3.8) is 0 Å². The monoisotopic (exact) mass is 133 g/mol. The van der Waals surface area contributed by atoms with Gasteiger partial charge in [-0.1, -0.05) is 6.92 Å². The highest BCUT2D eigenvalue weighted by atomic mass is 32.2. The second-order valence-electron chi connectivity index (χ2n) is 2.23. The van der Waals surface area contributed by atoms with E-state index in [1.54, 1.807) is 0 Å². The second-order valence-corrected chi connectivity index (χ2v) is 4.39. The van der Waals surface area contributed by atoms with E-state index >= 15 is 0 Å². The molecule has 0 atom stereocenters. The van der Waals surface area contributed by atoms with Gasteiger partial charge in [-0.25, -0.2) is 8.42 Å². The molecule has 47 valence electrons. The summed E-state index contributed by atoms with van der Waals surface area (Å²) in [6.07, 6.45) is 0.763. The van der Waals surface area contributed by atoms with Crippen LogP contribution in [0, 0.1) is 12.8 Å². The predicted octanol–water partition coefficient (Wildman–Crippen LogP) is 0.255. The lowest BCUT2D eigenvalue weighted by molar-refractivity contribution is 0.524. The van der Waals surface area contributed by atoms with Gasteiger partial charge >= 0.3 is 0 Å². The zero-order chi connectivity index (χ0) is 6.20. The maximum absolute atomic E-state index is 10.4. The van der Waals surface area contributed by atoms with E-state index < -0.39 is 9.84 Å². The predicted molar refractivity (Wildman–Crippen MR) is 32.1 cm³/mol. The van der Waals surface area contributed by atoms with E-state index in [0.717, 1.165) is 6.42 Å². The Balaban J connectivity index is 2.43. The Hall–Kier alpha value is -0.0500. The topological polar surface area (TPSA) is 34.1 Å². The summed E-state index contributed by atoms with van der Waals surface area (Å²) < 4.78 is 20.9. The van der Waals surface area contributed by atoms with Crippen LogP contribution in [0.3, 0.4) is 0 Å². The van der Waals surface area contributed by atoms with E-state index in [0.29, 0.717) is 17.4 Å². The van der Waals surface area contributed by atoms with Crippen molar-refractivity contribution in [3.05, 3.63) is 6.92 Å². The summed E-state index contributed by atoms with van der Waals surface area (Å²) in [5.41, 5.74) is 0. The number of hydrogen-bond acceptors (Lipinski definition) is 2. The SMILES string of the molecule is [CH2]CC1CS(=O)(=O)C1. The van der Waals surface area contributed by atoms with Gasteiger partial charge in [0, 0.05) is 0 Å². The van der Waals surface area contributed by atoms with Crippen LogP contribution in [0.25, 0.3) is 0 Å². The molecule has 1 rings (SSSR count). The quantitative estimate of drug-likeness (QED) is 0.514. The van der Waals surface area contributed by atoms with Crippen LogP contribution in [0.2, 0.25) is 0 Å². The normalized spacial score (nSPS) is 27.1. The maximum atomic E-state index is 10.4. The molecule has 0 aliphatic carbocycles. The zero-order valence-electron chi connectivity index (χ0n) is 4.63. The van der Waals surface area contributed by atoms with Crippen LogP contribution in [-0.4, -0.2) is 19.9 Å². The molecule has 1 radical (unpaired) electrons. The minimum absolute atomic E-state index is 0.361. The van der Waals surface area contributed by atoms with E-state index in [9.17, 15) is 8.42 Å². The number of sulfone groups is 1. The van der Waals surface area contributed by atoms with Crippen molar-refractivity contribution >= 4 is 9.84 Å². The molecule has 0 N–H and O–H groups in total. The summed E-state index contributed by atoms with van der Waals surface area (Å²) in [5, 5.41) is 0. The molecular formula is C5H9O2S. The summed E-state index contributed by atoms with van der Waals surface area (Å²) >= 11 is 0. The molecule has 1 aliphatic rings. The van der Waals surface area contributed by atoms with Gasteiger partial charge in [0.05, 0.1) is 11.5 Å². The van der Waals surface area contributed by atoms with Crippen LogP contribution in [0.5, 0.6) is 0 Å². The summed E-state index contributed by atoms with van der Waals surface area (Å²) in [6.45, 7) is 3.61. The molecule has 0 amide bonds. The third-order valence-electron chi connectivity index (χ3n) is 1.39.